The van der Waals surface area contributed by atoms with E-state index in [1.807, 2.05) is 12.1 Å². The van der Waals surface area contributed by atoms with E-state index in [0.29, 0.717) is 5.92 Å². The maximum Gasteiger partial charge on any atom is 0.0991 e. The summed E-state index contributed by atoms with van der Waals surface area (Å²) < 4.78 is 0. The highest BCUT2D eigenvalue weighted by atomic mass is 14.3. The van der Waals surface area contributed by atoms with E-state index in [1.165, 1.54) is 106 Å². The first-order chi connectivity index (χ1) is 18.7. The number of hydrogen-bond acceptors (Lipinski definition) is 1. The lowest BCUT2D eigenvalue weighted by atomic mass is 9.76. The molecule has 0 amide bonds. The van der Waals surface area contributed by atoms with Gasteiger partial charge in [-0.25, -0.2) is 0 Å². The molecule has 2 aliphatic carbocycles. The Kier molecular flexibility index (Phi) is 9.35. The minimum absolute atomic E-state index is 0.672. The molecule has 0 aliphatic heterocycles. The Hall–Kier alpha value is -2.85. The molecule has 0 heterocycles. The van der Waals surface area contributed by atoms with Crippen LogP contribution in [0.25, 0.3) is 11.1 Å². The van der Waals surface area contributed by atoms with E-state index in [0.717, 1.165) is 23.3 Å². The van der Waals surface area contributed by atoms with Crippen LogP contribution in [0.1, 0.15) is 118 Å². The van der Waals surface area contributed by atoms with Gasteiger partial charge in [0.2, 0.25) is 0 Å². The van der Waals surface area contributed by atoms with E-state index >= 15 is 0 Å². The Bertz CT molecular complexity index is 1150. The van der Waals surface area contributed by atoms with Crippen molar-refractivity contribution in [2.75, 3.05) is 0 Å². The zero-order valence-electron chi connectivity index (χ0n) is 23.4. The predicted octanol–water partition coefficient (Wildman–Crippen LogP) is 10.6. The van der Waals surface area contributed by atoms with Gasteiger partial charge in [0.1, 0.15) is 0 Å². The summed E-state index contributed by atoms with van der Waals surface area (Å²) in [6.45, 7) is 2.31. The number of aryl methyl sites for hydroxylation is 1. The number of nitriles is 1. The van der Waals surface area contributed by atoms with Crippen LogP contribution in [0.5, 0.6) is 0 Å². The first-order valence-corrected chi connectivity index (χ1v) is 15.4. The molecule has 2 aliphatic rings. The van der Waals surface area contributed by atoms with Gasteiger partial charge in [0.05, 0.1) is 11.6 Å². The second-order valence-electron chi connectivity index (χ2n) is 12.2. The smallest absolute Gasteiger partial charge is 0.0991 e. The van der Waals surface area contributed by atoms with Gasteiger partial charge in [-0.3, -0.25) is 0 Å². The van der Waals surface area contributed by atoms with Gasteiger partial charge in [-0.1, -0.05) is 86.8 Å². The predicted molar refractivity (Wildman–Crippen MR) is 160 cm³/mol. The highest BCUT2D eigenvalue weighted by molar-refractivity contribution is 5.64. The Labute approximate surface area is 231 Å². The van der Waals surface area contributed by atoms with Gasteiger partial charge in [0.25, 0.3) is 0 Å². The maximum absolute atomic E-state index is 9.03. The van der Waals surface area contributed by atoms with Crippen molar-refractivity contribution in [3.63, 3.8) is 0 Å². The van der Waals surface area contributed by atoms with E-state index in [-0.39, 0.29) is 0 Å². The lowest BCUT2D eigenvalue weighted by Gasteiger charge is -2.29. The van der Waals surface area contributed by atoms with Crippen LogP contribution in [0, 0.1) is 23.2 Å². The van der Waals surface area contributed by atoms with E-state index in [9.17, 15) is 0 Å². The van der Waals surface area contributed by atoms with E-state index in [4.69, 9.17) is 5.26 Å². The number of hydrogen-bond donors (Lipinski definition) is 0. The first-order valence-electron chi connectivity index (χ1n) is 15.4. The fourth-order valence-corrected chi connectivity index (χ4v) is 7.07. The van der Waals surface area contributed by atoms with Crippen molar-refractivity contribution in [1.29, 1.82) is 5.26 Å². The number of benzene rings is 3. The van der Waals surface area contributed by atoms with Gasteiger partial charge in [0, 0.05) is 0 Å². The maximum atomic E-state index is 9.03. The molecule has 3 aromatic rings. The third-order valence-electron chi connectivity index (χ3n) is 9.68. The van der Waals surface area contributed by atoms with Crippen LogP contribution in [0.15, 0.2) is 72.8 Å². The van der Waals surface area contributed by atoms with Crippen molar-refractivity contribution < 1.29 is 0 Å². The quantitative estimate of drug-likeness (QED) is 0.285. The number of unbranched alkanes of at least 4 members (excludes halogenated alkanes) is 1. The minimum atomic E-state index is 0.672. The van der Waals surface area contributed by atoms with Crippen molar-refractivity contribution in [3.05, 3.63) is 95.1 Å². The molecule has 0 spiro atoms. The Morgan fingerprint density at radius 2 is 1.08 bits per heavy atom. The molecule has 3 aromatic carbocycles. The van der Waals surface area contributed by atoms with Gasteiger partial charge >= 0.3 is 0 Å². The third-order valence-corrected chi connectivity index (χ3v) is 9.68. The molecule has 1 nitrogen and oxygen atoms in total. The van der Waals surface area contributed by atoms with Crippen LogP contribution in [0.4, 0.5) is 0 Å². The molecule has 5 rings (SSSR count). The van der Waals surface area contributed by atoms with Crippen LogP contribution in [-0.2, 0) is 6.42 Å². The Morgan fingerprint density at radius 3 is 1.58 bits per heavy atom. The van der Waals surface area contributed by atoms with E-state index in [2.05, 4.69) is 73.7 Å². The average molecular weight is 504 g/mol. The minimum Gasteiger partial charge on any atom is -0.192 e. The van der Waals surface area contributed by atoms with Crippen molar-refractivity contribution in [2.24, 2.45) is 11.8 Å². The fraction of sp³-hybridized carbons (Fsp3) is 0.486. The monoisotopic (exact) mass is 503 g/mol. The largest absolute Gasteiger partial charge is 0.192 e. The molecule has 0 atom stereocenters. The first kappa shape index (κ1) is 26.7. The summed E-state index contributed by atoms with van der Waals surface area (Å²) in [4.78, 5) is 0. The van der Waals surface area contributed by atoms with Crippen LogP contribution >= 0.6 is 0 Å². The fourth-order valence-electron chi connectivity index (χ4n) is 7.07. The van der Waals surface area contributed by atoms with E-state index < -0.39 is 0 Å². The van der Waals surface area contributed by atoms with Gasteiger partial charge in [-0.2, -0.15) is 5.26 Å². The van der Waals surface area contributed by atoms with Gasteiger partial charge in [0.15, 0.2) is 0 Å². The van der Waals surface area contributed by atoms with Gasteiger partial charge in [-0.15, -0.1) is 0 Å². The second kappa shape index (κ2) is 13.3. The highest BCUT2D eigenvalue weighted by Crippen LogP contribution is 2.39. The van der Waals surface area contributed by atoms with Crippen LogP contribution < -0.4 is 0 Å². The lowest BCUT2D eigenvalue weighted by Crippen LogP contribution is -2.14. The van der Waals surface area contributed by atoms with Crippen LogP contribution in [0.2, 0.25) is 0 Å². The molecule has 0 N–H and O–H groups in total. The van der Waals surface area contributed by atoms with Crippen molar-refractivity contribution in [1.82, 2.24) is 0 Å². The Balaban J connectivity index is 1.07. The molecule has 1 heteroatoms. The zero-order valence-corrected chi connectivity index (χ0v) is 23.4. The molecule has 38 heavy (non-hydrogen) atoms. The second-order valence-corrected chi connectivity index (χ2v) is 12.2. The molecule has 0 saturated heterocycles. The molecule has 0 unspecified atom stereocenters. The zero-order chi connectivity index (χ0) is 26.2. The standard InChI is InChI=1S/C37H45N/c1-2-3-4-28-7-15-33(16-8-28)36-23-25-37(26-24-36)34-19-11-30(12-20-34)6-5-29-9-17-32(18-10-29)35-21-13-31(27-38)14-22-35/h11-14,19-26,28-29,32-33H,2-10,15-18H2,1H3/t28-,29-,32-,33-. The summed E-state index contributed by atoms with van der Waals surface area (Å²) in [7, 11) is 0. The summed E-state index contributed by atoms with van der Waals surface area (Å²) in [6.07, 6.45) is 17.5. The summed E-state index contributed by atoms with van der Waals surface area (Å²) in [5.41, 5.74) is 7.89. The molecule has 0 radical (unpaired) electrons. The van der Waals surface area contributed by atoms with Crippen molar-refractivity contribution in [3.8, 4) is 17.2 Å². The molecular weight excluding hydrogens is 458 g/mol. The molecule has 198 valence electrons. The molecule has 0 bridgehead atoms. The van der Waals surface area contributed by atoms with Crippen molar-refractivity contribution in [2.45, 2.75) is 102 Å². The van der Waals surface area contributed by atoms with E-state index in [1.54, 1.807) is 5.56 Å². The molecule has 2 saturated carbocycles. The molecular formula is C37H45N. The summed E-state index contributed by atoms with van der Waals surface area (Å²) in [5.74, 6) is 3.26. The highest BCUT2D eigenvalue weighted by Gasteiger charge is 2.23. The van der Waals surface area contributed by atoms with Gasteiger partial charge < -0.3 is 0 Å². The number of rotatable bonds is 9. The normalized spacial score (nSPS) is 23.6. The lowest BCUT2D eigenvalue weighted by molar-refractivity contribution is 0.304. The van der Waals surface area contributed by atoms with Gasteiger partial charge in [-0.05, 0) is 128 Å². The van der Waals surface area contributed by atoms with Crippen LogP contribution in [-0.4, -0.2) is 0 Å². The summed E-state index contributed by atoms with van der Waals surface area (Å²) in [6, 6.07) is 29.3. The van der Waals surface area contributed by atoms with Crippen LogP contribution in [0.3, 0.4) is 0 Å². The number of nitrogens with zero attached hydrogens (tertiary/aromatic N) is 1. The SMILES string of the molecule is CCCC[C@H]1CC[C@H](c2ccc(-c3ccc(CC[C@H]4CC[C@H](c5ccc(C#N)cc5)CC4)cc3)cc2)CC1. The molecule has 2 fully saturated rings. The summed E-state index contributed by atoms with van der Waals surface area (Å²) >= 11 is 0. The third kappa shape index (κ3) is 6.96. The van der Waals surface area contributed by atoms with Crippen molar-refractivity contribution >= 4 is 0 Å². The summed E-state index contributed by atoms with van der Waals surface area (Å²) in [5, 5.41) is 9.03. The topological polar surface area (TPSA) is 23.8 Å². The average Bonchev–Trinajstić information content (AvgIpc) is 3.00. The molecule has 0 aromatic heterocycles. The Morgan fingerprint density at radius 1 is 0.605 bits per heavy atom.